The van der Waals surface area contributed by atoms with Crippen LogP contribution in [0, 0.1) is 0 Å². The summed E-state index contributed by atoms with van der Waals surface area (Å²) in [4.78, 5) is 14.1. The molecule has 5 aromatic rings. The molecule has 0 atom stereocenters. The first-order valence-electron chi connectivity index (χ1n) is 15.3. The van der Waals surface area contributed by atoms with Crippen LogP contribution < -0.4 is 15.9 Å². The Balaban J connectivity index is 1.75. The van der Waals surface area contributed by atoms with Crippen molar-refractivity contribution in [1.29, 1.82) is 0 Å². The van der Waals surface area contributed by atoms with Crippen molar-refractivity contribution in [2.45, 2.75) is 44.8 Å². The fourth-order valence-corrected chi connectivity index (χ4v) is 11.4. The van der Waals surface area contributed by atoms with E-state index in [4.69, 9.17) is 16.0 Å². The third-order valence-electron chi connectivity index (χ3n) is 8.69. The maximum absolute atomic E-state index is 14.1. The number of alkyl halides is 3. The van der Waals surface area contributed by atoms with Crippen LogP contribution in [0.3, 0.4) is 0 Å². The van der Waals surface area contributed by atoms with Gasteiger partial charge in [0.25, 0.3) is 13.9 Å². The lowest BCUT2D eigenvalue weighted by molar-refractivity contribution is -0.137. The first-order chi connectivity index (χ1) is 22.2. The van der Waals surface area contributed by atoms with E-state index in [0.717, 1.165) is 22.5 Å². The number of phenols is 1. The van der Waals surface area contributed by atoms with Crippen LogP contribution in [-0.2, 0) is 30.5 Å². The lowest BCUT2D eigenvalue weighted by atomic mass is 9.91. The van der Waals surface area contributed by atoms with Crippen molar-refractivity contribution in [3.05, 3.63) is 136 Å². The number of fused-ring (bicyclic) bond motifs is 1. The molecular weight excluding hydrogens is 639 g/mol. The molecule has 0 amide bonds. The molecule has 0 bridgehead atoms. The molecule has 244 valence electrons. The highest BCUT2D eigenvalue weighted by molar-refractivity contribution is 6.99. The molecule has 0 aliphatic carbocycles. The maximum Gasteiger partial charge on any atom is 0.416 e. The van der Waals surface area contributed by atoms with Crippen molar-refractivity contribution in [2.24, 2.45) is 7.05 Å². The van der Waals surface area contributed by atoms with Gasteiger partial charge in [0.2, 0.25) is 0 Å². The smallest absolute Gasteiger partial charge is 0.416 e. The topological polar surface area (TPSA) is 51.5 Å². The van der Waals surface area contributed by atoms with Crippen LogP contribution in [0.25, 0.3) is 22.0 Å². The third-order valence-corrected chi connectivity index (χ3v) is 14.0. The third kappa shape index (κ3) is 6.42. The molecule has 1 N–H and O–H groups in total. The van der Waals surface area contributed by atoms with Gasteiger partial charge in [-0.25, -0.2) is 0 Å². The molecule has 0 unspecified atom stereocenters. The molecule has 0 radical (unpaired) electrons. The van der Waals surface area contributed by atoms with Gasteiger partial charge in [-0.05, 0) is 57.7 Å². The summed E-state index contributed by atoms with van der Waals surface area (Å²) in [5.41, 5.74) is 0.0640. The number of nitrogens with zero attached hydrogens (tertiary/aromatic N) is 1. The molecule has 47 heavy (non-hydrogen) atoms. The van der Waals surface area contributed by atoms with Crippen LogP contribution >= 0.6 is 11.6 Å². The Bertz CT molecular complexity index is 1950. The molecule has 4 nitrogen and oxygen atoms in total. The standard InChI is InChI=1S/C38H37ClF3NO3Si/c1-6-13-25-22-27(39)24-32(35(25)44)34-30(36(45)43(5)33-19-18-26(23-31(33)34)38(40,41)42)20-21-46-47(37(2,3)4,28-14-9-7-10-15-28)29-16-11-8-12-17-29/h6-12,14-19,22-24,44H,1,13,20-21H2,2-5H3. The van der Waals surface area contributed by atoms with Gasteiger partial charge in [-0.1, -0.05) is 99.1 Å². The van der Waals surface area contributed by atoms with Gasteiger partial charge in [0.05, 0.1) is 11.1 Å². The zero-order valence-electron chi connectivity index (χ0n) is 26.8. The van der Waals surface area contributed by atoms with Crippen LogP contribution in [0.2, 0.25) is 10.1 Å². The zero-order valence-corrected chi connectivity index (χ0v) is 28.5. The van der Waals surface area contributed by atoms with Gasteiger partial charge in [0, 0.05) is 47.2 Å². The highest BCUT2D eigenvalue weighted by Gasteiger charge is 2.50. The number of benzene rings is 4. The van der Waals surface area contributed by atoms with Crippen molar-refractivity contribution >= 4 is 41.2 Å². The normalized spacial score (nSPS) is 12.4. The Morgan fingerprint density at radius 1 is 0.936 bits per heavy atom. The Morgan fingerprint density at radius 2 is 1.53 bits per heavy atom. The van der Waals surface area contributed by atoms with E-state index in [9.17, 15) is 23.1 Å². The van der Waals surface area contributed by atoms with Crippen molar-refractivity contribution in [2.75, 3.05) is 6.61 Å². The van der Waals surface area contributed by atoms with Gasteiger partial charge in [-0.15, -0.1) is 6.58 Å². The first-order valence-corrected chi connectivity index (χ1v) is 17.6. The summed E-state index contributed by atoms with van der Waals surface area (Å²) >= 11 is 6.51. The second-order valence-electron chi connectivity index (χ2n) is 12.7. The predicted octanol–water partition coefficient (Wildman–Crippen LogP) is 8.43. The summed E-state index contributed by atoms with van der Waals surface area (Å²) in [7, 11) is -1.46. The van der Waals surface area contributed by atoms with Gasteiger partial charge < -0.3 is 14.1 Å². The van der Waals surface area contributed by atoms with Gasteiger partial charge >= 0.3 is 6.18 Å². The van der Waals surface area contributed by atoms with E-state index in [1.54, 1.807) is 12.1 Å². The summed E-state index contributed by atoms with van der Waals surface area (Å²) in [5.74, 6) is -0.171. The largest absolute Gasteiger partial charge is 0.507 e. The van der Waals surface area contributed by atoms with E-state index in [-0.39, 0.29) is 57.3 Å². The molecule has 0 aliphatic rings. The number of pyridine rings is 1. The lowest BCUT2D eigenvalue weighted by Gasteiger charge is -2.43. The lowest BCUT2D eigenvalue weighted by Crippen LogP contribution is -2.66. The monoisotopic (exact) mass is 675 g/mol. The Labute approximate surface area is 278 Å². The summed E-state index contributed by atoms with van der Waals surface area (Å²) in [5, 5.41) is 13.7. The number of aryl methyl sites for hydroxylation is 1. The Hall–Kier alpha value is -4.11. The highest BCUT2D eigenvalue weighted by Crippen LogP contribution is 2.42. The number of hydrogen-bond donors (Lipinski definition) is 1. The summed E-state index contributed by atoms with van der Waals surface area (Å²) < 4.78 is 50.5. The van der Waals surface area contributed by atoms with Crippen LogP contribution in [0.1, 0.15) is 37.5 Å². The SMILES string of the molecule is C=CCc1cc(Cl)cc(-c2c(CCO[Si](c3ccccc3)(c3ccccc3)C(C)(C)C)c(=O)n(C)c3ccc(C(F)(F)F)cc23)c1O. The van der Waals surface area contributed by atoms with Crippen LogP contribution in [-0.4, -0.2) is 24.6 Å². The zero-order chi connectivity index (χ0) is 34.1. The van der Waals surface area contributed by atoms with Crippen LogP contribution in [0.4, 0.5) is 13.2 Å². The molecule has 0 aliphatic heterocycles. The minimum absolute atomic E-state index is 0.0709. The molecule has 1 aromatic heterocycles. The predicted molar refractivity (Wildman–Crippen MR) is 187 cm³/mol. The van der Waals surface area contributed by atoms with Crippen LogP contribution in [0.5, 0.6) is 5.75 Å². The number of rotatable bonds is 9. The number of aromatic nitrogens is 1. The van der Waals surface area contributed by atoms with Crippen LogP contribution in [0.15, 0.2) is 108 Å². The van der Waals surface area contributed by atoms with Gasteiger partial charge in [-0.2, -0.15) is 13.2 Å². The van der Waals surface area contributed by atoms with Gasteiger partial charge in [0.1, 0.15) is 5.75 Å². The molecule has 9 heteroatoms. The molecule has 5 rings (SSSR count). The average molecular weight is 676 g/mol. The van der Waals surface area contributed by atoms with Gasteiger partial charge in [0.15, 0.2) is 0 Å². The molecule has 0 saturated carbocycles. The second kappa shape index (κ2) is 13.2. The summed E-state index contributed by atoms with van der Waals surface area (Å²) in [6.45, 7) is 10.3. The minimum atomic E-state index is -4.63. The Morgan fingerprint density at radius 3 is 2.06 bits per heavy atom. The first kappa shape index (κ1) is 34.2. The fourth-order valence-electron chi connectivity index (χ4n) is 6.55. The molecule has 0 spiro atoms. The number of phenolic OH excluding ortho intramolecular Hbond substituents is 1. The van der Waals surface area contributed by atoms with E-state index in [1.165, 1.54) is 23.7 Å². The number of hydrogen-bond acceptors (Lipinski definition) is 3. The minimum Gasteiger partial charge on any atom is -0.507 e. The van der Waals surface area contributed by atoms with E-state index in [1.807, 2.05) is 36.4 Å². The summed E-state index contributed by atoms with van der Waals surface area (Å²) in [6, 6.07) is 26.4. The Kier molecular flexibility index (Phi) is 9.60. The quantitative estimate of drug-likeness (QED) is 0.126. The number of aromatic hydroxyl groups is 1. The van der Waals surface area contributed by atoms with Gasteiger partial charge in [-0.3, -0.25) is 4.79 Å². The fraction of sp³-hybridized carbons (Fsp3) is 0.237. The molecular formula is C38H37ClF3NO3Si. The molecule has 4 aromatic carbocycles. The number of allylic oxidation sites excluding steroid dienone is 1. The highest BCUT2D eigenvalue weighted by atomic mass is 35.5. The average Bonchev–Trinajstić information content (AvgIpc) is 3.03. The molecule has 0 fully saturated rings. The van der Waals surface area contributed by atoms with E-state index in [0.29, 0.717) is 11.1 Å². The van der Waals surface area contributed by atoms with E-state index < -0.39 is 25.6 Å². The van der Waals surface area contributed by atoms with Crippen molar-refractivity contribution in [1.82, 2.24) is 4.57 Å². The van der Waals surface area contributed by atoms with E-state index >= 15 is 0 Å². The van der Waals surface area contributed by atoms with Crippen molar-refractivity contribution in [3.8, 4) is 16.9 Å². The number of halogens is 4. The molecule has 0 saturated heterocycles. The van der Waals surface area contributed by atoms with Crippen molar-refractivity contribution in [3.63, 3.8) is 0 Å². The maximum atomic E-state index is 14.1. The summed E-state index contributed by atoms with van der Waals surface area (Å²) in [6.07, 6.45) is -2.70. The second-order valence-corrected chi connectivity index (χ2v) is 17.4. The van der Waals surface area contributed by atoms with Crippen molar-refractivity contribution < 1.29 is 22.7 Å². The van der Waals surface area contributed by atoms with E-state index in [2.05, 4.69) is 51.6 Å². The molecule has 1 heterocycles.